The largest absolute Gasteiger partial charge is 0.412 e. The van der Waals surface area contributed by atoms with Crippen molar-refractivity contribution >= 4 is 58.1 Å². The summed E-state index contributed by atoms with van der Waals surface area (Å²) in [6.07, 6.45) is 0.510. The molecule has 388 valence electrons. The van der Waals surface area contributed by atoms with Gasteiger partial charge in [0.2, 0.25) is 0 Å². The van der Waals surface area contributed by atoms with Gasteiger partial charge in [-0.15, -0.1) is 0 Å². The summed E-state index contributed by atoms with van der Waals surface area (Å²) in [7, 11) is 6.47. The van der Waals surface area contributed by atoms with Gasteiger partial charge < -0.3 is 67.6 Å². The molecule has 17 nitrogen and oxygen atoms in total. The van der Waals surface area contributed by atoms with Gasteiger partial charge in [0.05, 0.1) is 16.7 Å². The van der Waals surface area contributed by atoms with Gasteiger partial charge in [0, 0.05) is 118 Å². The first kappa shape index (κ1) is 53.8. The van der Waals surface area contributed by atoms with Crippen LogP contribution in [0.2, 0.25) is 0 Å². The minimum atomic E-state index is -0.488. The summed E-state index contributed by atoms with van der Waals surface area (Å²) in [5.74, 6) is -0.548. The second-order valence-electron chi connectivity index (χ2n) is 18.9. The first-order valence-corrected chi connectivity index (χ1v) is 24.9. The highest BCUT2D eigenvalue weighted by Crippen LogP contribution is 2.30. The minimum Gasteiger partial charge on any atom is -0.412 e. The predicted molar refractivity (Wildman–Crippen MR) is 297 cm³/mol. The summed E-state index contributed by atoms with van der Waals surface area (Å²) >= 11 is 0. The third-order valence-corrected chi connectivity index (χ3v) is 13.8. The minimum absolute atomic E-state index is 0. The zero-order valence-electron chi connectivity index (χ0n) is 42.5. The SMILES string of the molecule is CN1CCN(c2ccc(C3NC(=O)c4ccccc4N3)cc2)CC1.CN1CCN(c2ccc(C3NC(=O)c4ccccc4N3)cc2)CC1.CN1CCN(c2ccc(C=O)cc2)CC1.NC(=O)c1ccccc1N.O. The zero-order chi connectivity index (χ0) is 51.3. The van der Waals surface area contributed by atoms with Crippen LogP contribution in [0.3, 0.4) is 0 Å². The average Bonchev–Trinajstić information content (AvgIpc) is 3.42. The monoisotopic (exact) mass is 1000 g/mol. The van der Waals surface area contributed by atoms with Gasteiger partial charge in [0.1, 0.15) is 18.6 Å². The van der Waals surface area contributed by atoms with E-state index < -0.39 is 5.91 Å². The quantitative estimate of drug-likeness (QED) is 0.0876. The Bertz CT molecular complexity index is 2660. The van der Waals surface area contributed by atoms with Crippen molar-refractivity contribution in [3.63, 3.8) is 0 Å². The molecule has 0 bridgehead atoms. The molecule has 3 amide bonds. The molecule has 10 N–H and O–H groups in total. The van der Waals surface area contributed by atoms with Crippen LogP contribution < -0.4 is 47.4 Å². The standard InChI is InChI=1S/2C19H22N4O.C12H16N2O.C7H8N2O.H2O/c2*1-22-10-12-23(13-11-22)15-8-6-14(7-9-15)18-20-17-5-3-2-4-16(17)19(24)21-18;1-13-6-8-14(9-7-13)12-4-2-11(10-15)3-5-12;8-6-4-2-1-3-5(6)7(9)10;/h2*2-9,18,20H,10-13H2,1H3,(H,21,24);2-5,10H,6-9H2,1H3;1-4H,8H2,(H2,9,10);1H2. The lowest BCUT2D eigenvalue weighted by Crippen LogP contribution is -2.44. The van der Waals surface area contributed by atoms with Crippen LogP contribution >= 0.6 is 0 Å². The average molecular weight is 1000 g/mol. The Balaban J connectivity index is 0.000000151. The zero-order valence-corrected chi connectivity index (χ0v) is 42.5. The molecule has 5 aliphatic rings. The number of nitrogens with one attached hydrogen (secondary N) is 4. The van der Waals surface area contributed by atoms with E-state index in [0.29, 0.717) is 22.4 Å². The van der Waals surface area contributed by atoms with Gasteiger partial charge in [0.15, 0.2) is 0 Å². The molecule has 0 radical (unpaired) electrons. The van der Waals surface area contributed by atoms with Gasteiger partial charge in [-0.1, -0.05) is 60.7 Å². The Morgan fingerprint density at radius 2 is 0.811 bits per heavy atom. The number of aldehydes is 1. The molecular weight excluding hydrogens is 933 g/mol. The normalized spacial score (nSPS) is 18.4. The van der Waals surface area contributed by atoms with Crippen molar-refractivity contribution in [2.45, 2.75) is 12.3 Å². The first-order chi connectivity index (χ1) is 35.4. The molecule has 74 heavy (non-hydrogen) atoms. The number of para-hydroxylation sites is 3. The van der Waals surface area contributed by atoms with Crippen LogP contribution in [0.4, 0.5) is 34.1 Å². The Hall–Kier alpha value is -7.96. The maximum atomic E-state index is 12.3. The Morgan fingerprint density at radius 1 is 0.473 bits per heavy atom. The lowest BCUT2D eigenvalue weighted by molar-refractivity contribution is 0.0927. The van der Waals surface area contributed by atoms with Gasteiger partial charge in [-0.25, -0.2) is 0 Å². The summed E-state index contributed by atoms with van der Waals surface area (Å²) in [6.45, 7) is 13.0. The molecule has 17 heteroatoms. The molecule has 3 saturated heterocycles. The van der Waals surface area contributed by atoms with Crippen LogP contribution in [-0.2, 0) is 0 Å². The van der Waals surface area contributed by atoms with Crippen LogP contribution in [0.15, 0.2) is 146 Å². The lowest BCUT2D eigenvalue weighted by atomic mass is 10.1. The predicted octanol–water partition coefficient (Wildman–Crippen LogP) is 5.38. The van der Waals surface area contributed by atoms with Crippen molar-refractivity contribution in [2.75, 3.05) is 131 Å². The van der Waals surface area contributed by atoms with E-state index in [4.69, 9.17) is 11.5 Å². The third-order valence-electron chi connectivity index (χ3n) is 13.8. The topological polar surface area (TPSA) is 219 Å². The van der Waals surface area contributed by atoms with Gasteiger partial charge in [-0.05, 0) is 117 Å². The number of fused-ring (bicyclic) bond motifs is 2. The number of hydrogen-bond acceptors (Lipinski definition) is 13. The number of rotatable bonds is 7. The van der Waals surface area contributed by atoms with E-state index in [0.717, 1.165) is 113 Å². The highest BCUT2D eigenvalue weighted by atomic mass is 16.2. The summed E-state index contributed by atoms with van der Waals surface area (Å²) in [5.41, 5.74) is 21.0. The maximum Gasteiger partial charge on any atom is 0.255 e. The number of amides is 3. The molecule has 5 heterocycles. The highest BCUT2D eigenvalue weighted by Gasteiger charge is 2.26. The number of piperazine rings is 3. The highest BCUT2D eigenvalue weighted by molar-refractivity contribution is 6.02. The molecule has 0 aromatic heterocycles. The van der Waals surface area contributed by atoms with Crippen LogP contribution in [0.5, 0.6) is 0 Å². The van der Waals surface area contributed by atoms with Gasteiger partial charge in [-0.2, -0.15) is 0 Å². The lowest BCUT2D eigenvalue weighted by Gasteiger charge is -2.34. The second-order valence-corrected chi connectivity index (χ2v) is 18.9. The summed E-state index contributed by atoms with van der Waals surface area (Å²) in [6, 6.07) is 46.7. The fourth-order valence-electron chi connectivity index (χ4n) is 9.18. The number of primary amides is 1. The van der Waals surface area contributed by atoms with E-state index in [9.17, 15) is 19.2 Å². The molecule has 0 aliphatic carbocycles. The first-order valence-electron chi connectivity index (χ1n) is 24.9. The van der Waals surface area contributed by atoms with Crippen molar-refractivity contribution < 1.29 is 24.7 Å². The number of carbonyl (C=O) groups excluding carboxylic acids is 4. The number of nitrogen functional groups attached to an aromatic ring is 1. The molecule has 2 atom stereocenters. The van der Waals surface area contributed by atoms with E-state index in [-0.39, 0.29) is 29.6 Å². The summed E-state index contributed by atoms with van der Waals surface area (Å²) in [4.78, 5) is 59.8. The van der Waals surface area contributed by atoms with Crippen molar-refractivity contribution in [1.29, 1.82) is 0 Å². The summed E-state index contributed by atoms with van der Waals surface area (Å²) < 4.78 is 0. The smallest absolute Gasteiger partial charge is 0.255 e. The number of carbonyl (C=O) groups is 4. The van der Waals surface area contributed by atoms with E-state index in [1.807, 2.05) is 72.8 Å². The Morgan fingerprint density at radius 3 is 1.15 bits per heavy atom. The molecule has 0 saturated carbocycles. The van der Waals surface area contributed by atoms with Gasteiger partial charge >= 0.3 is 0 Å². The molecular formula is C57H70N12O5. The molecule has 2 unspecified atom stereocenters. The number of nitrogens with zero attached hydrogens (tertiary/aromatic N) is 6. The number of hydrogen-bond donors (Lipinski definition) is 6. The van der Waals surface area contributed by atoms with Crippen molar-refractivity contribution in [1.82, 2.24) is 25.3 Å². The van der Waals surface area contributed by atoms with Crippen molar-refractivity contribution in [2.24, 2.45) is 5.73 Å². The van der Waals surface area contributed by atoms with Crippen molar-refractivity contribution in [3.8, 4) is 0 Å². The number of nitrogens with two attached hydrogens (primary N) is 2. The van der Waals surface area contributed by atoms with Gasteiger partial charge in [-0.3, -0.25) is 19.2 Å². The fourth-order valence-corrected chi connectivity index (χ4v) is 9.18. The molecule has 0 spiro atoms. The molecule has 11 rings (SSSR count). The van der Waals surface area contributed by atoms with Gasteiger partial charge in [0.25, 0.3) is 17.7 Å². The van der Waals surface area contributed by atoms with Crippen LogP contribution in [0.25, 0.3) is 0 Å². The van der Waals surface area contributed by atoms with E-state index in [1.54, 1.807) is 24.3 Å². The van der Waals surface area contributed by atoms with Crippen LogP contribution in [0.1, 0.15) is 64.9 Å². The maximum absolute atomic E-state index is 12.3. The van der Waals surface area contributed by atoms with E-state index >= 15 is 0 Å². The van der Waals surface area contributed by atoms with Crippen LogP contribution in [-0.4, -0.2) is 144 Å². The molecule has 6 aromatic rings. The number of anilines is 6. The Labute approximate surface area is 434 Å². The van der Waals surface area contributed by atoms with Crippen molar-refractivity contribution in [3.05, 3.63) is 179 Å². The third kappa shape index (κ3) is 14.0. The molecule has 3 fully saturated rings. The van der Waals surface area contributed by atoms with E-state index in [2.05, 4.69) is 120 Å². The van der Waals surface area contributed by atoms with Crippen LogP contribution in [0, 0.1) is 0 Å². The fraction of sp³-hybridized carbons (Fsp3) is 0.298. The number of benzene rings is 6. The Kier molecular flexibility index (Phi) is 18.6. The molecule has 5 aliphatic heterocycles. The summed E-state index contributed by atoms with van der Waals surface area (Å²) in [5, 5.41) is 12.8. The second kappa shape index (κ2) is 25.6. The number of likely N-dealkylation sites (N-methyl/N-ethyl adjacent to an activating group) is 3. The molecule has 6 aromatic carbocycles. The van der Waals surface area contributed by atoms with E-state index in [1.165, 1.54) is 17.1 Å².